The summed E-state index contributed by atoms with van der Waals surface area (Å²) in [5.41, 5.74) is 5.23. The summed E-state index contributed by atoms with van der Waals surface area (Å²) in [6.45, 7) is 1.30. The second-order valence-corrected chi connectivity index (χ2v) is 10.9. The number of piperazine rings is 1. The summed E-state index contributed by atoms with van der Waals surface area (Å²) in [6, 6.07) is 6.58. The van der Waals surface area contributed by atoms with E-state index in [2.05, 4.69) is 4.90 Å². The molecule has 2 aromatic rings. The second kappa shape index (κ2) is 12.0. The fraction of sp³-hybridized carbons (Fsp3) is 0.391. The topological polar surface area (TPSA) is 116 Å². The predicted octanol–water partition coefficient (Wildman–Crippen LogP) is 2.19. The predicted molar refractivity (Wildman–Crippen MR) is 133 cm³/mol. The largest absolute Gasteiger partial charge is 0.451 e. The Bertz CT molecular complexity index is 1220. The number of primary amides is 1. The molecule has 1 aliphatic heterocycles. The van der Waals surface area contributed by atoms with E-state index in [4.69, 9.17) is 22.1 Å². The third-order valence-electron chi connectivity index (χ3n) is 5.76. The van der Waals surface area contributed by atoms with Crippen molar-refractivity contribution >= 4 is 33.6 Å². The minimum Gasteiger partial charge on any atom is -0.451 e. The van der Waals surface area contributed by atoms with Crippen LogP contribution in [0.2, 0.25) is 5.02 Å². The van der Waals surface area contributed by atoms with E-state index in [0.717, 1.165) is 0 Å². The minimum atomic E-state index is -4.57. The summed E-state index contributed by atoms with van der Waals surface area (Å²) in [6.07, 6.45) is 0. The second-order valence-electron chi connectivity index (χ2n) is 8.57. The van der Waals surface area contributed by atoms with E-state index in [1.807, 2.05) is 7.05 Å². The average Bonchev–Trinajstić information content (AvgIpc) is 2.84. The first-order valence-corrected chi connectivity index (χ1v) is 13.1. The molecule has 202 valence electrons. The Balaban J connectivity index is 1.77. The molecule has 1 heterocycles. The smallest absolute Gasteiger partial charge is 0.319 e. The average molecular weight is 560 g/mol. The van der Waals surface area contributed by atoms with Crippen LogP contribution in [-0.4, -0.2) is 99.3 Å². The van der Waals surface area contributed by atoms with Crippen molar-refractivity contribution in [1.29, 1.82) is 0 Å². The molecular formula is C23H28ClF2N5O5S. The molecule has 10 nitrogen and oxygen atoms in total. The number of benzene rings is 2. The molecule has 0 spiro atoms. The number of nitrogens with zero attached hydrogens (tertiary/aromatic N) is 4. The van der Waals surface area contributed by atoms with Gasteiger partial charge >= 0.3 is 6.03 Å². The van der Waals surface area contributed by atoms with Gasteiger partial charge in [-0.25, -0.2) is 22.0 Å². The zero-order chi connectivity index (χ0) is 27.3. The number of nitrogens with two attached hydrogens (primary N) is 1. The standard InChI is InChI=1S/C23H28ClF2N5O5S/c1-28-7-10-30(11-8-28)23(33)29(2)9-12-31(15-21(27)32)37(34,35)18-13-19(25)22(20(26)14-18)36-17-5-3-16(24)4-6-17/h3-6,13-14H,7-12,15H2,1-2H3,(H2,27,32). The molecule has 1 fully saturated rings. The molecule has 14 heteroatoms. The first-order chi connectivity index (χ1) is 17.4. The van der Waals surface area contributed by atoms with E-state index in [0.29, 0.717) is 47.6 Å². The van der Waals surface area contributed by atoms with Crippen LogP contribution in [-0.2, 0) is 14.8 Å². The van der Waals surface area contributed by atoms with Gasteiger partial charge in [0.25, 0.3) is 0 Å². The van der Waals surface area contributed by atoms with E-state index in [-0.39, 0.29) is 24.9 Å². The molecule has 0 aromatic heterocycles. The monoisotopic (exact) mass is 559 g/mol. The van der Waals surface area contributed by atoms with Crippen molar-refractivity contribution in [3.63, 3.8) is 0 Å². The quantitative estimate of drug-likeness (QED) is 0.503. The Kier molecular flexibility index (Phi) is 9.29. The number of halogens is 3. The van der Waals surface area contributed by atoms with Crippen molar-refractivity contribution in [3.05, 3.63) is 53.1 Å². The Labute approximate surface area is 219 Å². The van der Waals surface area contributed by atoms with Crippen LogP contribution in [0.3, 0.4) is 0 Å². The molecule has 2 aromatic carbocycles. The molecular weight excluding hydrogens is 532 g/mol. The van der Waals surface area contributed by atoms with Crippen molar-refractivity contribution in [2.45, 2.75) is 4.90 Å². The van der Waals surface area contributed by atoms with Crippen molar-refractivity contribution in [2.75, 3.05) is 59.9 Å². The van der Waals surface area contributed by atoms with E-state index in [1.54, 1.807) is 4.90 Å². The van der Waals surface area contributed by atoms with Gasteiger partial charge in [0.05, 0.1) is 11.4 Å². The maximum absolute atomic E-state index is 14.8. The summed E-state index contributed by atoms with van der Waals surface area (Å²) in [5.74, 6) is -4.23. The van der Waals surface area contributed by atoms with Gasteiger partial charge in [0.2, 0.25) is 15.9 Å². The van der Waals surface area contributed by atoms with Crippen molar-refractivity contribution in [1.82, 2.24) is 19.0 Å². The molecule has 3 amide bonds. The van der Waals surface area contributed by atoms with Gasteiger partial charge < -0.3 is 25.2 Å². The highest BCUT2D eigenvalue weighted by atomic mass is 35.5. The molecule has 1 aliphatic rings. The maximum Gasteiger partial charge on any atom is 0.319 e. The zero-order valence-corrected chi connectivity index (χ0v) is 21.9. The molecule has 37 heavy (non-hydrogen) atoms. The highest BCUT2D eigenvalue weighted by molar-refractivity contribution is 7.89. The Morgan fingerprint density at radius 2 is 1.62 bits per heavy atom. The molecule has 0 saturated carbocycles. The first kappa shape index (κ1) is 28.6. The first-order valence-electron chi connectivity index (χ1n) is 11.3. The lowest BCUT2D eigenvalue weighted by molar-refractivity contribution is -0.118. The lowest BCUT2D eigenvalue weighted by Crippen LogP contribution is -2.52. The Morgan fingerprint density at radius 3 is 2.16 bits per heavy atom. The summed E-state index contributed by atoms with van der Waals surface area (Å²) in [4.78, 5) is 28.6. The number of hydrogen-bond donors (Lipinski definition) is 1. The van der Waals surface area contributed by atoms with Gasteiger partial charge in [-0.1, -0.05) is 11.6 Å². The number of ether oxygens (including phenoxy) is 1. The number of hydrogen-bond acceptors (Lipinski definition) is 6. The van der Waals surface area contributed by atoms with Crippen LogP contribution >= 0.6 is 11.6 Å². The lowest BCUT2D eigenvalue weighted by Gasteiger charge is -2.35. The van der Waals surface area contributed by atoms with Crippen LogP contribution in [0, 0.1) is 11.6 Å². The number of carbonyl (C=O) groups excluding carboxylic acids is 2. The van der Waals surface area contributed by atoms with Crippen molar-refractivity contribution in [2.24, 2.45) is 5.73 Å². The van der Waals surface area contributed by atoms with E-state index in [1.165, 1.54) is 36.2 Å². The highest BCUT2D eigenvalue weighted by Crippen LogP contribution is 2.31. The van der Waals surface area contributed by atoms with Crippen LogP contribution in [0.5, 0.6) is 11.5 Å². The third kappa shape index (κ3) is 7.28. The number of carbonyl (C=O) groups is 2. The molecule has 0 radical (unpaired) electrons. The molecule has 0 aliphatic carbocycles. The van der Waals surface area contributed by atoms with Gasteiger partial charge in [-0.2, -0.15) is 4.31 Å². The molecule has 2 N–H and O–H groups in total. The van der Waals surface area contributed by atoms with Gasteiger partial charge in [0.15, 0.2) is 17.4 Å². The summed E-state index contributed by atoms with van der Waals surface area (Å²) >= 11 is 5.79. The molecule has 0 atom stereocenters. The fourth-order valence-electron chi connectivity index (χ4n) is 3.61. The molecule has 1 saturated heterocycles. The SMILES string of the molecule is CN1CCN(C(=O)N(C)CCN(CC(N)=O)S(=O)(=O)c2cc(F)c(Oc3ccc(Cl)cc3)c(F)c2)CC1. The van der Waals surface area contributed by atoms with E-state index in [9.17, 15) is 26.8 Å². The fourth-order valence-corrected chi connectivity index (χ4v) is 5.16. The summed E-state index contributed by atoms with van der Waals surface area (Å²) in [7, 11) is -1.13. The van der Waals surface area contributed by atoms with Crippen LogP contribution < -0.4 is 10.5 Å². The minimum absolute atomic E-state index is 0.0829. The number of sulfonamides is 1. The van der Waals surface area contributed by atoms with Gasteiger partial charge in [0, 0.05) is 51.3 Å². The highest BCUT2D eigenvalue weighted by Gasteiger charge is 2.30. The normalized spacial score (nSPS) is 14.6. The summed E-state index contributed by atoms with van der Waals surface area (Å²) < 4.78 is 61.8. The molecule has 0 unspecified atom stereocenters. The van der Waals surface area contributed by atoms with Crippen LogP contribution in [0.4, 0.5) is 13.6 Å². The third-order valence-corrected chi connectivity index (χ3v) is 7.84. The molecule has 0 bridgehead atoms. The van der Waals surface area contributed by atoms with Gasteiger partial charge in [-0.15, -0.1) is 0 Å². The van der Waals surface area contributed by atoms with Gasteiger partial charge in [-0.05, 0) is 43.4 Å². The maximum atomic E-state index is 14.8. The van der Waals surface area contributed by atoms with Crippen LogP contribution in [0.15, 0.2) is 41.3 Å². The number of rotatable bonds is 9. The molecule has 3 rings (SSSR count). The number of urea groups is 1. The summed E-state index contributed by atoms with van der Waals surface area (Å²) in [5, 5.41) is 0.389. The number of amides is 3. The zero-order valence-electron chi connectivity index (χ0n) is 20.4. The van der Waals surface area contributed by atoms with Crippen molar-refractivity contribution < 1.29 is 31.5 Å². The number of likely N-dealkylation sites (N-methyl/N-ethyl adjacent to an activating group) is 2. The lowest BCUT2D eigenvalue weighted by atomic mass is 10.3. The van der Waals surface area contributed by atoms with Crippen molar-refractivity contribution in [3.8, 4) is 11.5 Å². The van der Waals surface area contributed by atoms with E-state index < -0.39 is 44.8 Å². The Hall–Kier alpha value is -3.00. The van der Waals surface area contributed by atoms with Gasteiger partial charge in [-0.3, -0.25) is 4.79 Å². The Morgan fingerprint density at radius 1 is 1.05 bits per heavy atom. The van der Waals surface area contributed by atoms with E-state index >= 15 is 0 Å². The van der Waals surface area contributed by atoms with Crippen LogP contribution in [0.1, 0.15) is 0 Å². The van der Waals surface area contributed by atoms with Gasteiger partial charge in [0.1, 0.15) is 5.75 Å². The van der Waals surface area contributed by atoms with Crippen LogP contribution in [0.25, 0.3) is 0 Å².